The summed E-state index contributed by atoms with van der Waals surface area (Å²) < 4.78 is 28.5. The fourth-order valence-corrected chi connectivity index (χ4v) is 6.32. The van der Waals surface area contributed by atoms with Gasteiger partial charge in [0.2, 0.25) is 5.91 Å². The zero-order chi connectivity index (χ0) is 31.0. The van der Waals surface area contributed by atoms with E-state index in [0.717, 1.165) is 0 Å². The van der Waals surface area contributed by atoms with Gasteiger partial charge in [-0.05, 0) is 36.3 Å². The van der Waals surface area contributed by atoms with Gasteiger partial charge in [-0.15, -0.1) is 0 Å². The van der Waals surface area contributed by atoms with E-state index in [0.29, 0.717) is 23.6 Å². The number of aliphatic hydroxyl groups is 1. The third-order valence-corrected chi connectivity index (χ3v) is 17.7. The zero-order valence-electron chi connectivity index (χ0n) is 26.9. The Balaban J connectivity index is 2.06. The molecule has 2 aromatic heterocycles. The largest absolute Gasteiger partial charge is 0.414 e. The van der Waals surface area contributed by atoms with Gasteiger partial charge < -0.3 is 28.7 Å². The second-order valence-corrected chi connectivity index (χ2v) is 23.8. The number of nitrogens with zero attached hydrogens (tertiary/aromatic N) is 4. The van der Waals surface area contributed by atoms with E-state index in [-0.39, 0.29) is 35.1 Å². The van der Waals surface area contributed by atoms with Crippen LogP contribution < -0.4 is 5.32 Å². The first-order chi connectivity index (χ1) is 18.8. The molecule has 1 aliphatic heterocycles. The molecule has 3 rings (SSSR count). The van der Waals surface area contributed by atoms with Gasteiger partial charge in [-0.2, -0.15) is 0 Å². The lowest BCUT2D eigenvalue weighted by Crippen LogP contribution is -2.51. The van der Waals surface area contributed by atoms with Crippen LogP contribution in [-0.4, -0.2) is 85.3 Å². The van der Waals surface area contributed by atoms with Crippen molar-refractivity contribution >= 4 is 39.5 Å². The molecule has 41 heavy (non-hydrogen) atoms. The summed E-state index contributed by atoms with van der Waals surface area (Å²) in [5.41, 5.74) is 0.951. The van der Waals surface area contributed by atoms with E-state index < -0.39 is 41.2 Å². The standard InChI is InChI=1S/C28H51N5O6Si2/c1-18(2)25(35)32-23-20-24(30-16-29-23)33(17-31-20)26-22(36-14-13-34)21(39-41(11,12)28(6,7)8)19(38-26)15-37-40(9,10)27(3,4)5/h16-19,21-22,26,34H,13-15H2,1-12H3,(H,29,30,32,35)/t19-,21-,22-,26-/m1/s1. The van der Waals surface area contributed by atoms with Crippen molar-refractivity contribution in [3.8, 4) is 0 Å². The van der Waals surface area contributed by atoms with Crippen LogP contribution in [0, 0.1) is 5.92 Å². The molecule has 0 radical (unpaired) electrons. The minimum atomic E-state index is -2.28. The number of nitrogens with one attached hydrogen (secondary N) is 1. The topological polar surface area (TPSA) is 130 Å². The second kappa shape index (κ2) is 12.5. The van der Waals surface area contributed by atoms with E-state index in [1.54, 1.807) is 10.9 Å². The lowest BCUT2D eigenvalue weighted by Gasteiger charge is -2.41. The van der Waals surface area contributed by atoms with E-state index in [1.807, 2.05) is 13.8 Å². The Hall–Kier alpha value is -1.75. The molecule has 1 amide bonds. The molecule has 4 atom stereocenters. The molecule has 0 aliphatic carbocycles. The van der Waals surface area contributed by atoms with Gasteiger partial charge in [-0.3, -0.25) is 9.36 Å². The zero-order valence-corrected chi connectivity index (χ0v) is 28.9. The van der Waals surface area contributed by atoms with Crippen LogP contribution >= 0.6 is 0 Å². The molecule has 0 bridgehead atoms. The maximum atomic E-state index is 12.4. The van der Waals surface area contributed by atoms with Crippen LogP contribution in [0.4, 0.5) is 5.82 Å². The Bertz CT molecular complexity index is 1190. The van der Waals surface area contributed by atoms with Crippen molar-refractivity contribution in [2.24, 2.45) is 5.92 Å². The average Bonchev–Trinajstić information content (AvgIpc) is 3.41. The summed E-state index contributed by atoms with van der Waals surface area (Å²) in [5, 5.41) is 12.5. The fourth-order valence-electron chi connectivity index (χ4n) is 3.99. The molecule has 1 fully saturated rings. The predicted octanol–water partition coefficient (Wildman–Crippen LogP) is 5.11. The number of aliphatic hydroxyl groups excluding tert-OH is 1. The predicted molar refractivity (Wildman–Crippen MR) is 165 cm³/mol. The summed E-state index contributed by atoms with van der Waals surface area (Å²) in [6, 6.07) is 0. The van der Waals surface area contributed by atoms with Crippen LogP contribution in [-0.2, 0) is 23.1 Å². The Morgan fingerprint density at radius 3 is 2.24 bits per heavy atom. The summed E-state index contributed by atoms with van der Waals surface area (Å²) in [5.74, 6) is -0.0388. The van der Waals surface area contributed by atoms with Gasteiger partial charge >= 0.3 is 0 Å². The molecule has 13 heteroatoms. The van der Waals surface area contributed by atoms with E-state index in [4.69, 9.17) is 18.3 Å². The number of imidazole rings is 1. The maximum Gasteiger partial charge on any atom is 0.228 e. The Labute approximate surface area is 247 Å². The number of carbonyl (C=O) groups excluding carboxylic acids is 1. The molecule has 1 aliphatic rings. The lowest BCUT2D eigenvalue weighted by molar-refractivity contribution is -0.118. The van der Waals surface area contributed by atoms with Crippen LogP contribution in [0.3, 0.4) is 0 Å². The molecule has 232 valence electrons. The molecule has 2 aromatic rings. The number of hydrogen-bond acceptors (Lipinski definition) is 9. The molecule has 0 spiro atoms. The van der Waals surface area contributed by atoms with Gasteiger partial charge in [0.15, 0.2) is 39.8 Å². The molecule has 11 nitrogen and oxygen atoms in total. The summed E-state index contributed by atoms with van der Waals surface area (Å²) in [6.45, 7) is 26.0. The van der Waals surface area contributed by atoms with E-state index in [1.165, 1.54) is 6.33 Å². The quantitative estimate of drug-likeness (QED) is 0.334. The number of anilines is 1. The number of amides is 1. The Kier molecular flexibility index (Phi) is 10.3. The highest BCUT2D eigenvalue weighted by molar-refractivity contribution is 6.74. The van der Waals surface area contributed by atoms with Gasteiger partial charge in [-0.25, -0.2) is 15.0 Å². The number of fused-ring (bicyclic) bond motifs is 1. The van der Waals surface area contributed by atoms with E-state index in [9.17, 15) is 9.90 Å². The van der Waals surface area contributed by atoms with Gasteiger partial charge in [0.25, 0.3) is 0 Å². The highest BCUT2D eigenvalue weighted by atomic mass is 28.4. The first-order valence-corrected chi connectivity index (χ1v) is 20.3. The van der Waals surface area contributed by atoms with Crippen molar-refractivity contribution in [1.82, 2.24) is 19.5 Å². The molecule has 0 saturated carbocycles. The van der Waals surface area contributed by atoms with Crippen LogP contribution in [0.2, 0.25) is 36.3 Å². The van der Waals surface area contributed by atoms with Crippen molar-refractivity contribution < 1.29 is 28.2 Å². The first-order valence-electron chi connectivity index (χ1n) is 14.5. The molecular weight excluding hydrogens is 559 g/mol. The smallest absolute Gasteiger partial charge is 0.228 e. The Morgan fingerprint density at radius 1 is 1.05 bits per heavy atom. The number of hydrogen-bond donors (Lipinski definition) is 2. The summed E-state index contributed by atoms with van der Waals surface area (Å²) in [6.07, 6.45) is 0.938. The maximum absolute atomic E-state index is 12.4. The van der Waals surface area contributed by atoms with E-state index in [2.05, 4.69) is 88.0 Å². The Morgan fingerprint density at radius 2 is 1.68 bits per heavy atom. The minimum absolute atomic E-state index is 0.0296. The van der Waals surface area contributed by atoms with Gasteiger partial charge in [0.1, 0.15) is 24.6 Å². The highest BCUT2D eigenvalue weighted by Gasteiger charge is 2.52. The van der Waals surface area contributed by atoms with Crippen LogP contribution in [0.15, 0.2) is 12.7 Å². The molecule has 0 unspecified atom stereocenters. The normalized spacial score (nSPS) is 22.6. The molecule has 2 N–H and O–H groups in total. The van der Waals surface area contributed by atoms with Crippen molar-refractivity contribution in [3.63, 3.8) is 0 Å². The SMILES string of the molecule is CC(C)C(=O)Nc1ncnc2c1ncn2[C@@H]1O[C@H](CO[Si](C)(C)C(C)(C)C)[C@@H](O[Si](C)(C)C(C)(C)C)[C@H]1OCCO. The summed E-state index contributed by atoms with van der Waals surface area (Å²) >= 11 is 0. The number of rotatable bonds is 11. The lowest BCUT2D eigenvalue weighted by atomic mass is 10.1. The molecular formula is C28H51N5O6Si2. The summed E-state index contributed by atoms with van der Waals surface area (Å²) in [4.78, 5) is 25.7. The van der Waals surface area contributed by atoms with Crippen molar-refractivity contribution in [2.75, 3.05) is 25.1 Å². The summed E-state index contributed by atoms with van der Waals surface area (Å²) in [7, 11) is -4.37. The van der Waals surface area contributed by atoms with E-state index >= 15 is 0 Å². The molecule has 0 aromatic carbocycles. The monoisotopic (exact) mass is 609 g/mol. The first kappa shape index (κ1) is 33.8. The van der Waals surface area contributed by atoms with Crippen molar-refractivity contribution in [1.29, 1.82) is 0 Å². The number of aromatic nitrogens is 4. The number of carbonyl (C=O) groups is 1. The minimum Gasteiger partial charge on any atom is -0.414 e. The molecule has 3 heterocycles. The van der Waals surface area contributed by atoms with Crippen LogP contribution in [0.5, 0.6) is 0 Å². The van der Waals surface area contributed by atoms with Crippen molar-refractivity contribution in [3.05, 3.63) is 12.7 Å². The molecule has 1 saturated heterocycles. The number of ether oxygens (including phenoxy) is 2. The van der Waals surface area contributed by atoms with Gasteiger partial charge in [-0.1, -0.05) is 55.4 Å². The van der Waals surface area contributed by atoms with Crippen molar-refractivity contribution in [2.45, 2.75) is 116 Å². The van der Waals surface area contributed by atoms with Crippen LogP contribution in [0.25, 0.3) is 11.2 Å². The van der Waals surface area contributed by atoms with Gasteiger partial charge in [0, 0.05) is 5.92 Å². The van der Waals surface area contributed by atoms with Gasteiger partial charge in [0.05, 0.1) is 26.1 Å². The highest BCUT2D eigenvalue weighted by Crippen LogP contribution is 2.44. The average molecular weight is 610 g/mol. The third kappa shape index (κ3) is 7.43. The van der Waals surface area contributed by atoms with Crippen LogP contribution in [0.1, 0.15) is 61.6 Å². The second-order valence-electron chi connectivity index (χ2n) is 14.2. The third-order valence-electron chi connectivity index (χ3n) is 8.74. The fraction of sp³-hybridized carbons (Fsp3) is 0.786.